The summed E-state index contributed by atoms with van der Waals surface area (Å²) in [7, 11) is 0. The molecule has 1 heterocycles. The SMILES string of the molecule is Ic1cc[nH+]cn1. The van der Waals surface area contributed by atoms with Gasteiger partial charge in [-0.2, -0.15) is 0 Å². The van der Waals surface area contributed by atoms with Gasteiger partial charge >= 0.3 is 0 Å². The largest absolute Gasteiger partial charge is 0.285 e. The average Bonchev–Trinajstić information content (AvgIpc) is 1.69. The predicted octanol–water partition coefficient (Wildman–Crippen LogP) is 0.500. The molecule has 0 aliphatic carbocycles. The highest BCUT2D eigenvalue weighted by Gasteiger charge is 1.86. The first-order chi connectivity index (χ1) is 3.39. The number of aromatic nitrogens is 2. The van der Waals surface area contributed by atoms with Gasteiger partial charge in [0.05, 0.1) is 6.20 Å². The Bertz CT molecular complexity index is 140. The third-order valence-electron chi connectivity index (χ3n) is 0.580. The number of H-pyrrole nitrogens is 1. The van der Waals surface area contributed by atoms with Crippen molar-refractivity contribution < 1.29 is 4.98 Å². The van der Waals surface area contributed by atoms with E-state index in [4.69, 9.17) is 0 Å². The van der Waals surface area contributed by atoms with Crippen LogP contribution < -0.4 is 4.98 Å². The Morgan fingerprint density at radius 1 is 1.71 bits per heavy atom. The zero-order valence-electron chi connectivity index (χ0n) is 3.56. The zero-order valence-corrected chi connectivity index (χ0v) is 5.71. The fraction of sp³-hybridized carbons (Fsp3) is 0. The van der Waals surface area contributed by atoms with Crippen LogP contribution in [-0.4, -0.2) is 4.98 Å². The van der Waals surface area contributed by atoms with Crippen molar-refractivity contribution in [2.24, 2.45) is 0 Å². The molecule has 1 aromatic rings. The van der Waals surface area contributed by atoms with E-state index in [9.17, 15) is 0 Å². The van der Waals surface area contributed by atoms with Crippen LogP contribution >= 0.6 is 22.6 Å². The van der Waals surface area contributed by atoms with E-state index in [0.717, 1.165) is 3.70 Å². The Morgan fingerprint density at radius 3 is 2.86 bits per heavy atom. The normalized spacial score (nSPS) is 8.71. The van der Waals surface area contributed by atoms with Crippen LogP contribution in [0, 0.1) is 3.70 Å². The predicted molar refractivity (Wildman–Crippen MR) is 33.5 cm³/mol. The average molecular weight is 207 g/mol. The Balaban J connectivity index is 3.02. The van der Waals surface area contributed by atoms with E-state index in [2.05, 4.69) is 32.6 Å². The number of nitrogens with one attached hydrogen (secondary N) is 1. The first-order valence-electron chi connectivity index (χ1n) is 1.87. The molecule has 0 saturated heterocycles. The van der Waals surface area contributed by atoms with E-state index >= 15 is 0 Å². The van der Waals surface area contributed by atoms with E-state index < -0.39 is 0 Å². The van der Waals surface area contributed by atoms with Gasteiger partial charge in [0, 0.05) is 28.7 Å². The molecule has 0 atom stereocenters. The van der Waals surface area contributed by atoms with Crippen LogP contribution in [0.25, 0.3) is 0 Å². The van der Waals surface area contributed by atoms with E-state index in [1.54, 1.807) is 6.33 Å². The molecule has 1 rings (SSSR count). The van der Waals surface area contributed by atoms with Crippen molar-refractivity contribution in [1.82, 2.24) is 4.98 Å². The second kappa shape index (κ2) is 2.20. The molecule has 0 radical (unpaired) electrons. The van der Waals surface area contributed by atoms with Crippen molar-refractivity contribution in [3.63, 3.8) is 0 Å². The molecule has 0 aromatic carbocycles. The van der Waals surface area contributed by atoms with Crippen LogP contribution in [0.1, 0.15) is 0 Å². The summed E-state index contributed by atoms with van der Waals surface area (Å²) >= 11 is 2.15. The number of aromatic amines is 1. The Kier molecular flexibility index (Phi) is 1.56. The van der Waals surface area contributed by atoms with E-state index in [0.29, 0.717) is 0 Å². The summed E-state index contributed by atoms with van der Waals surface area (Å²) in [5.41, 5.74) is 0. The maximum Gasteiger partial charge on any atom is 0.285 e. The maximum atomic E-state index is 3.91. The fourth-order valence-corrected chi connectivity index (χ4v) is 0.621. The van der Waals surface area contributed by atoms with Crippen LogP contribution in [0.4, 0.5) is 0 Å². The van der Waals surface area contributed by atoms with Gasteiger partial charge in [0.2, 0.25) is 3.70 Å². The van der Waals surface area contributed by atoms with Gasteiger partial charge in [-0.3, -0.25) is 4.98 Å². The molecule has 0 spiro atoms. The van der Waals surface area contributed by atoms with Crippen molar-refractivity contribution in [3.05, 3.63) is 22.3 Å². The van der Waals surface area contributed by atoms with Crippen LogP contribution in [0.5, 0.6) is 0 Å². The van der Waals surface area contributed by atoms with Gasteiger partial charge in [0.1, 0.15) is 0 Å². The lowest BCUT2D eigenvalue weighted by Gasteiger charge is -1.70. The molecular formula is C4H4IN2+. The number of hydrogen-bond acceptors (Lipinski definition) is 1. The topological polar surface area (TPSA) is 27.0 Å². The van der Waals surface area contributed by atoms with Crippen molar-refractivity contribution >= 4 is 22.6 Å². The van der Waals surface area contributed by atoms with Crippen LogP contribution in [0.15, 0.2) is 18.6 Å². The summed E-state index contributed by atoms with van der Waals surface area (Å²) in [4.78, 5) is 6.73. The van der Waals surface area contributed by atoms with Crippen LogP contribution in [0.2, 0.25) is 0 Å². The highest BCUT2D eigenvalue weighted by molar-refractivity contribution is 14.1. The second-order valence-electron chi connectivity index (χ2n) is 1.08. The summed E-state index contributed by atoms with van der Waals surface area (Å²) in [5.74, 6) is 0. The van der Waals surface area contributed by atoms with Gasteiger partial charge in [-0.15, -0.1) is 0 Å². The monoisotopic (exact) mass is 207 g/mol. The molecule has 0 aliphatic heterocycles. The maximum absolute atomic E-state index is 3.91. The molecule has 0 saturated carbocycles. The van der Waals surface area contributed by atoms with E-state index in [1.807, 2.05) is 12.3 Å². The summed E-state index contributed by atoms with van der Waals surface area (Å²) in [6.45, 7) is 0. The number of rotatable bonds is 0. The van der Waals surface area contributed by atoms with E-state index in [-0.39, 0.29) is 0 Å². The lowest BCUT2D eigenvalue weighted by atomic mass is 10.7. The molecule has 2 nitrogen and oxygen atoms in total. The lowest BCUT2D eigenvalue weighted by Crippen LogP contribution is -1.99. The summed E-state index contributed by atoms with van der Waals surface area (Å²) < 4.78 is 1.01. The molecule has 0 amide bonds. The highest BCUT2D eigenvalue weighted by atomic mass is 127. The van der Waals surface area contributed by atoms with Crippen molar-refractivity contribution in [2.45, 2.75) is 0 Å². The molecule has 7 heavy (non-hydrogen) atoms. The molecular weight excluding hydrogens is 203 g/mol. The quantitative estimate of drug-likeness (QED) is 0.449. The highest BCUT2D eigenvalue weighted by Crippen LogP contribution is 1.91. The van der Waals surface area contributed by atoms with Gasteiger partial charge in [-0.05, 0) is 4.98 Å². The molecule has 36 valence electrons. The molecule has 0 aliphatic rings. The smallest absolute Gasteiger partial charge is 0.250 e. The van der Waals surface area contributed by atoms with Gasteiger partial charge in [-0.1, -0.05) is 0 Å². The molecule has 0 fully saturated rings. The Hall–Kier alpha value is -0.190. The minimum absolute atomic E-state index is 1.01. The molecule has 1 aromatic heterocycles. The summed E-state index contributed by atoms with van der Waals surface area (Å²) in [6.07, 6.45) is 3.50. The van der Waals surface area contributed by atoms with Gasteiger partial charge < -0.3 is 0 Å². The lowest BCUT2D eigenvalue weighted by molar-refractivity contribution is -0.383. The van der Waals surface area contributed by atoms with Crippen molar-refractivity contribution in [1.29, 1.82) is 0 Å². The van der Waals surface area contributed by atoms with Crippen LogP contribution in [-0.2, 0) is 0 Å². The third-order valence-corrected chi connectivity index (χ3v) is 1.22. The minimum atomic E-state index is 1.01. The minimum Gasteiger partial charge on any atom is -0.250 e. The van der Waals surface area contributed by atoms with Crippen molar-refractivity contribution in [3.8, 4) is 0 Å². The Morgan fingerprint density at radius 2 is 2.57 bits per heavy atom. The molecule has 0 bridgehead atoms. The second-order valence-corrected chi connectivity index (χ2v) is 2.19. The molecule has 0 unspecified atom stereocenters. The Labute approximate surface area is 55.1 Å². The summed E-state index contributed by atoms with van der Waals surface area (Å²) in [5, 5.41) is 0. The van der Waals surface area contributed by atoms with Gasteiger partial charge in [0.15, 0.2) is 0 Å². The number of hydrogen-bond donors (Lipinski definition) is 0. The van der Waals surface area contributed by atoms with Gasteiger partial charge in [-0.25, -0.2) is 0 Å². The zero-order chi connectivity index (χ0) is 5.11. The van der Waals surface area contributed by atoms with Crippen molar-refractivity contribution in [2.75, 3.05) is 0 Å². The number of nitrogens with zero attached hydrogens (tertiary/aromatic N) is 1. The third kappa shape index (κ3) is 1.38. The van der Waals surface area contributed by atoms with Crippen LogP contribution in [0.3, 0.4) is 0 Å². The molecule has 1 N–H and O–H groups in total. The standard InChI is InChI=1S/C4H3IN2/c5-4-1-2-6-3-7-4/h1-3H/p+1. The molecule has 3 heteroatoms. The summed E-state index contributed by atoms with van der Waals surface area (Å²) in [6, 6.07) is 1.90. The first-order valence-corrected chi connectivity index (χ1v) is 2.95. The fourth-order valence-electron chi connectivity index (χ4n) is 0.302. The first kappa shape index (κ1) is 4.96. The van der Waals surface area contributed by atoms with Gasteiger partial charge in [0.25, 0.3) is 6.33 Å². The van der Waals surface area contributed by atoms with E-state index in [1.165, 1.54) is 0 Å². The number of halogens is 1.